The summed E-state index contributed by atoms with van der Waals surface area (Å²) in [5.41, 5.74) is 1.69. The van der Waals surface area contributed by atoms with E-state index in [1.165, 1.54) is 0 Å². The second-order valence-corrected chi connectivity index (χ2v) is 5.58. The van der Waals surface area contributed by atoms with Crippen LogP contribution in [0.25, 0.3) is 0 Å². The third kappa shape index (κ3) is 5.68. The number of ether oxygens (including phenoxy) is 1. The van der Waals surface area contributed by atoms with Crippen LogP contribution >= 0.6 is 0 Å². The van der Waals surface area contributed by atoms with Gasteiger partial charge < -0.3 is 20.6 Å². The van der Waals surface area contributed by atoms with Crippen LogP contribution < -0.4 is 16.6 Å². The Hall–Kier alpha value is -1.44. The van der Waals surface area contributed by atoms with Crippen LogP contribution in [0.4, 0.5) is 11.6 Å². The quantitative estimate of drug-likeness (QED) is 0.418. The van der Waals surface area contributed by atoms with E-state index in [-0.39, 0.29) is 0 Å². The molecule has 1 unspecified atom stereocenters. The number of aromatic nitrogens is 2. The van der Waals surface area contributed by atoms with E-state index < -0.39 is 5.60 Å². The second kappa shape index (κ2) is 7.37. The first-order valence-corrected chi connectivity index (χ1v) is 6.66. The summed E-state index contributed by atoms with van der Waals surface area (Å²) in [6.45, 7) is 6.66. The summed E-state index contributed by atoms with van der Waals surface area (Å²) >= 11 is 0. The minimum absolute atomic E-state index is 0.298. The third-order valence-electron chi connectivity index (χ3n) is 2.69. The summed E-state index contributed by atoms with van der Waals surface area (Å²) in [6.07, 6.45) is 0.706. The number of nitrogens with one attached hydrogen (secondary N) is 2. The van der Waals surface area contributed by atoms with Crippen molar-refractivity contribution >= 4 is 11.6 Å². The highest BCUT2D eigenvalue weighted by Crippen LogP contribution is 2.18. The number of rotatable bonds is 8. The lowest BCUT2D eigenvalue weighted by Gasteiger charge is -2.26. The van der Waals surface area contributed by atoms with E-state index in [2.05, 4.69) is 34.6 Å². The minimum Gasteiger partial charge on any atom is -0.388 e. The molecule has 0 saturated carbocycles. The van der Waals surface area contributed by atoms with Gasteiger partial charge in [0.1, 0.15) is 18.2 Å². The number of hydrazine groups is 1. The van der Waals surface area contributed by atoms with Crippen molar-refractivity contribution in [1.82, 2.24) is 9.97 Å². The molecular formula is C13H25N5O2. The fraction of sp³-hybridized carbons (Fsp3) is 0.692. The Labute approximate surface area is 119 Å². The molecule has 7 nitrogen and oxygen atoms in total. The monoisotopic (exact) mass is 283 g/mol. The number of anilines is 2. The van der Waals surface area contributed by atoms with E-state index in [9.17, 15) is 5.11 Å². The maximum absolute atomic E-state index is 10.3. The van der Waals surface area contributed by atoms with Gasteiger partial charge in [0.05, 0.1) is 5.60 Å². The van der Waals surface area contributed by atoms with Gasteiger partial charge >= 0.3 is 0 Å². The second-order valence-electron chi connectivity index (χ2n) is 5.58. The van der Waals surface area contributed by atoms with Gasteiger partial charge in [0.15, 0.2) is 5.82 Å². The number of aliphatic hydroxyl groups is 1. The predicted octanol–water partition coefficient (Wildman–Crippen LogP) is 1.12. The normalized spacial score (nSPS) is 14.2. The van der Waals surface area contributed by atoms with Crippen molar-refractivity contribution in [3.05, 3.63) is 11.9 Å². The lowest BCUT2D eigenvalue weighted by Crippen LogP contribution is -2.35. The molecule has 1 aromatic heterocycles. The molecule has 0 fully saturated rings. The molecule has 0 aliphatic rings. The van der Waals surface area contributed by atoms with Gasteiger partial charge in [-0.2, -0.15) is 0 Å². The summed E-state index contributed by atoms with van der Waals surface area (Å²) in [4.78, 5) is 8.46. The molecule has 1 aromatic rings. The van der Waals surface area contributed by atoms with Crippen LogP contribution in [0, 0.1) is 5.92 Å². The molecule has 0 spiro atoms. The molecule has 114 valence electrons. The van der Waals surface area contributed by atoms with E-state index in [0.717, 1.165) is 0 Å². The van der Waals surface area contributed by atoms with Crippen molar-refractivity contribution in [3.63, 3.8) is 0 Å². The Balaban J connectivity index is 2.73. The molecule has 1 atom stereocenters. The maximum Gasteiger partial charge on any atom is 0.158 e. The summed E-state index contributed by atoms with van der Waals surface area (Å²) in [5.74, 6) is 7.41. The molecule has 0 saturated heterocycles. The topological polar surface area (TPSA) is 105 Å². The third-order valence-corrected chi connectivity index (χ3v) is 2.69. The van der Waals surface area contributed by atoms with Gasteiger partial charge in [-0.15, -0.1) is 0 Å². The molecule has 1 rings (SSSR count). The molecule has 5 N–H and O–H groups in total. The Morgan fingerprint density at radius 1 is 1.40 bits per heavy atom. The average Bonchev–Trinajstić information content (AvgIpc) is 2.35. The van der Waals surface area contributed by atoms with Gasteiger partial charge in [0.2, 0.25) is 0 Å². The van der Waals surface area contributed by atoms with Gasteiger partial charge in [0, 0.05) is 19.7 Å². The Kier molecular flexibility index (Phi) is 6.12. The van der Waals surface area contributed by atoms with Crippen molar-refractivity contribution in [2.75, 3.05) is 24.4 Å². The SMILES string of the molecule is COCc1nc(NN)cc(NCC(C)(O)CC(C)C)n1. The minimum atomic E-state index is -0.795. The molecule has 20 heavy (non-hydrogen) atoms. The van der Waals surface area contributed by atoms with Gasteiger partial charge in [0.25, 0.3) is 0 Å². The number of nitrogens with two attached hydrogens (primary N) is 1. The Morgan fingerprint density at radius 2 is 2.05 bits per heavy atom. The number of nitrogen functional groups attached to an aromatic ring is 1. The lowest BCUT2D eigenvalue weighted by atomic mass is 9.94. The summed E-state index contributed by atoms with van der Waals surface area (Å²) < 4.78 is 5.01. The van der Waals surface area contributed by atoms with Crippen LogP contribution in [-0.4, -0.2) is 34.3 Å². The zero-order valence-electron chi connectivity index (χ0n) is 12.6. The molecule has 0 bridgehead atoms. The van der Waals surface area contributed by atoms with Crippen molar-refractivity contribution in [3.8, 4) is 0 Å². The Bertz CT molecular complexity index is 423. The van der Waals surface area contributed by atoms with Crippen molar-refractivity contribution < 1.29 is 9.84 Å². The molecule has 0 aliphatic heterocycles. The van der Waals surface area contributed by atoms with Crippen LogP contribution in [0.5, 0.6) is 0 Å². The van der Waals surface area contributed by atoms with E-state index >= 15 is 0 Å². The fourth-order valence-corrected chi connectivity index (χ4v) is 2.09. The molecule has 0 aliphatic carbocycles. The number of hydrogen-bond acceptors (Lipinski definition) is 7. The first-order valence-electron chi connectivity index (χ1n) is 6.66. The summed E-state index contributed by atoms with van der Waals surface area (Å²) in [5, 5.41) is 13.4. The van der Waals surface area contributed by atoms with Crippen molar-refractivity contribution in [2.24, 2.45) is 11.8 Å². The van der Waals surface area contributed by atoms with Crippen LogP contribution in [0.3, 0.4) is 0 Å². The van der Waals surface area contributed by atoms with Crippen molar-refractivity contribution in [1.29, 1.82) is 0 Å². The zero-order valence-corrected chi connectivity index (χ0v) is 12.6. The van der Waals surface area contributed by atoms with E-state index in [1.54, 1.807) is 20.1 Å². The number of nitrogens with zero attached hydrogens (tertiary/aromatic N) is 2. The van der Waals surface area contributed by atoms with Crippen LogP contribution in [0.15, 0.2) is 6.07 Å². The smallest absolute Gasteiger partial charge is 0.158 e. The van der Waals surface area contributed by atoms with Gasteiger partial charge in [-0.3, -0.25) is 0 Å². The standard InChI is InChI=1S/C13H25N5O2/c1-9(2)6-13(3,19)8-15-10-5-11(18-14)17-12(16-10)7-20-4/h5,9,19H,6-8,14H2,1-4H3,(H2,15,16,17,18). The fourth-order valence-electron chi connectivity index (χ4n) is 2.09. The molecule has 0 radical (unpaired) electrons. The molecule has 0 aromatic carbocycles. The van der Waals surface area contributed by atoms with E-state index in [0.29, 0.717) is 43.0 Å². The highest BCUT2D eigenvalue weighted by molar-refractivity contribution is 5.47. The van der Waals surface area contributed by atoms with Crippen molar-refractivity contribution in [2.45, 2.75) is 39.4 Å². The van der Waals surface area contributed by atoms with Crippen LogP contribution in [-0.2, 0) is 11.3 Å². The van der Waals surface area contributed by atoms with E-state index in [4.69, 9.17) is 10.6 Å². The highest BCUT2D eigenvalue weighted by Gasteiger charge is 2.21. The molecule has 1 heterocycles. The first kappa shape index (κ1) is 16.6. The number of hydrogen-bond donors (Lipinski definition) is 4. The van der Waals surface area contributed by atoms with Crippen LogP contribution in [0.2, 0.25) is 0 Å². The van der Waals surface area contributed by atoms with Crippen LogP contribution in [0.1, 0.15) is 33.0 Å². The largest absolute Gasteiger partial charge is 0.388 e. The van der Waals surface area contributed by atoms with E-state index in [1.807, 2.05) is 0 Å². The summed E-state index contributed by atoms with van der Waals surface area (Å²) in [6, 6.07) is 1.69. The van der Waals surface area contributed by atoms with Gasteiger partial charge in [-0.05, 0) is 19.3 Å². The number of methoxy groups -OCH3 is 1. The Morgan fingerprint density at radius 3 is 2.60 bits per heavy atom. The average molecular weight is 283 g/mol. The predicted molar refractivity (Wildman–Crippen MR) is 79.1 cm³/mol. The molecule has 0 amide bonds. The lowest BCUT2D eigenvalue weighted by molar-refractivity contribution is 0.0514. The maximum atomic E-state index is 10.3. The first-order chi connectivity index (χ1) is 9.36. The summed E-state index contributed by atoms with van der Waals surface area (Å²) in [7, 11) is 1.58. The van der Waals surface area contributed by atoms with Gasteiger partial charge in [-0.25, -0.2) is 15.8 Å². The zero-order chi connectivity index (χ0) is 15.2. The molecular weight excluding hydrogens is 258 g/mol. The molecule has 7 heteroatoms. The van der Waals surface area contributed by atoms with Gasteiger partial charge in [-0.1, -0.05) is 13.8 Å². The highest BCUT2D eigenvalue weighted by atomic mass is 16.5.